The highest BCUT2D eigenvalue weighted by Crippen LogP contribution is 2.52. The van der Waals surface area contributed by atoms with Crippen molar-refractivity contribution in [3.8, 4) is 11.8 Å². The van der Waals surface area contributed by atoms with Crippen LogP contribution < -0.4 is 15.4 Å². The molecule has 44 heavy (non-hydrogen) atoms. The molecule has 1 amide bonds. The highest BCUT2D eigenvalue weighted by molar-refractivity contribution is 6.31. The maximum absolute atomic E-state index is 15.8. The number of nitrogens with one attached hydrogen (secondary N) is 2. The molecule has 0 aromatic heterocycles. The van der Waals surface area contributed by atoms with Gasteiger partial charge in [0.15, 0.2) is 0 Å². The van der Waals surface area contributed by atoms with Crippen LogP contribution in [0.5, 0.6) is 5.75 Å². The lowest BCUT2D eigenvalue weighted by atomic mass is 9.62. The van der Waals surface area contributed by atoms with Crippen molar-refractivity contribution in [3.05, 3.63) is 98.5 Å². The molecule has 7 nitrogen and oxygen atoms in total. The van der Waals surface area contributed by atoms with Gasteiger partial charge in [0.1, 0.15) is 28.4 Å². The van der Waals surface area contributed by atoms with Crippen LogP contribution in [-0.4, -0.2) is 38.2 Å². The van der Waals surface area contributed by atoms with Crippen LogP contribution in [0.2, 0.25) is 10.0 Å². The molecule has 1 unspecified atom stereocenters. The Balaban J connectivity index is 1.83. The first-order valence-electron chi connectivity index (χ1n) is 13.9. The van der Waals surface area contributed by atoms with Gasteiger partial charge in [0.2, 0.25) is 5.91 Å². The summed E-state index contributed by atoms with van der Waals surface area (Å²) in [6.45, 7) is 5.90. The molecule has 0 bridgehead atoms. The zero-order valence-electron chi connectivity index (χ0n) is 24.9. The third-order valence-electron chi connectivity index (χ3n) is 7.87. The third kappa shape index (κ3) is 6.39. The second-order valence-electron chi connectivity index (χ2n) is 11.9. The summed E-state index contributed by atoms with van der Waals surface area (Å²) in [5, 5.41) is 17.0. The van der Waals surface area contributed by atoms with E-state index in [1.54, 1.807) is 12.1 Å². The van der Waals surface area contributed by atoms with Crippen LogP contribution in [0.3, 0.4) is 0 Å². The topological polar surface area (TPSA) is 100 Å². The minimum absolute atomic E-state index is 0.00144. The molecule has 1 aliphatic heterocycles. The van der Waals surface area contributed by atoms with Gasteiger partial charge in [0.25, 0.3) is 0 Å². The number of carbonyl (C=O) groups is 2. The summed E-state index contributed by atoms with van der Waals surface area (Å²) >= 11 is 12.3. The van der Waals surface area contributed by atoms with Crippen LogP contribution >= 0.6 is 23.2 Å². The molecule has 1 fully saturated rings. The van der Waals surface area contributed by atoms with Crippen molar-refractivity contribution in [2.75, 3.05) is 14.2 Å². The lowest BCUT2D eigenvalue weighted by molar-refractivity contribution is -0.123. The molecule has 0 aliphatic carbocycles. The maximum Gasteiger partial charge on any atom is 0.341 e. The number of halogens is 4. The minimum atomic E-state index is -1.74. The summed E-state index contributed by atoms with van der Waals surface area (Å²) < 4.78 is 41.7. The summed E-state index contributed by atoms with van der Waals surface area (Å²) in [7, 11) is 2.66. The lowest BCUT2D eigenvalue weighted by Crippen LogP contribution is -2.45. The molecule has 1 aliphatic rings. The molecule has 1 saturated heterocycles. The van der Waals surface area contributed by atoms with Crippen LogP contribution in [-0.2, 0) is 21.5 Å². The highest BCUT2D eigenvalue weighted by atomic mass is 35.5. The Bertz CT molecular complexity index is 1620. The molecule has 1 heterocycles. The first-order chi connectivity index (χ1) is 20.8. The average molecular weight is 645 g/mol. The number of nitriles is 1. The van der Waals surface area contributed by atoms with Crippen molar-refractivity contribution in [1.29, 1.82) is 5.26 Å². The molecule has 11 heteroatoms. The number of amides is 1. The number of hydrogen-bond donors (Lipinski definition) is 2. The number of methoxy groups -OCH3 is 2. The van der Waals surface area contributed by atoms with Crippen molar-refractivity contribution >= 4 is 35.1 Å². The molecule has 4 rings (SSSR count). The summed E-state index contributed by atoms with van der Waals surface area (Å²) in [6, 6.07) is 13.5. The van der Waals surface area contributed by atoms with E-state index in [0.29, 0.717) is 12.0 Å². The molecule has 3 aromatic rings. The lowest BCUT2D eigenvalue weighted by Gasteiger charge is -2.37. The van der Waals surface area contributed by atoms with Crippen LogP contribution in [0.1, 0.15) is 60.2 Å². The Labute approximate surface area is 265 Å². The number of hydrogen-bond acceptors (Lipinski definition) is 6. The van der Waals surface area contributed by atoms with Crippen molar-refractivity contribution < 1.29 is 27.8 Å². The fourth-order valence-corrected chi connectivity index (χ4v) is 6.32. The zero-order valence-corrected chi connectivity index (χ0v) is 26.4. The van der Waals surface area contributed by atoms with Gasteiger partial charge in [-0.3, -0.25) is 4.79 Å². The molecule has 0 saturated carbocycles. The summed E-state index contributed by atoms with van der Waals surface area (Å²) in [4.78, 5) is 26.1. The average Bonchev–Trinajstić information content (AvgIpc) is 3.29. The Kier molecular flexibility index (Phi) is 9.89. The van der Waals surface area contributed by atoms with Gasteiger partial charge in [0.05, 0.1) is 31.4 Å². The van der Waals surface area contributed by atoms with Crippen LogP contribution in [0, 0.1) is 28.4 Å². The number of benzene rings is 3. The summed E-state index contributed by atoms with van der Waals surface area (Å²) in [5.74, 6) is -3.60. The Morgan fingerprint density at radius 1 is 1.09 bits per heavy atom. The maximum atomic E-state index is 15.8. The molecular formula is C33H33Cl2F2N3O4. The quantitative estimate of drug-likeness (QED) is 0.265. The first-order valence-corrected chi connectivity index (χ1v) is 14.6. The largest absolute Gasteiger partial charge is 0.496 e. The molecule has 232 valence electrons. The Morgan fingerprint density at radius 2 is 1.82 bits per heavy atom. The van der Waals surface area contributed by atoms with E-state index in [0.717, 1.165) is 6.07 Å². The van der Waals surface area contributed by atoms with E-state index in [9.17, 15) is 14.9 Å². The van der Waals surface area contributed by atoms with Gasteiger partial charge in [-0.15, -0.1) is 0 Å². The van der Waals surface area contributed by atoms with E-state index in [-0.39, 0.29) is 44.4 Å². The zero-order chi connectivity index (χ0) is 32.4. The van der Waals surface area contributed by atoms with Gasteiger partial charge < -0.3 is 20.1 Å². The predicted molar refractivity (Wildman–Crippen MR) is 164 cm³/mol. The van der Waals surface area contributed by atoms with Gasteiger partial charge >= 0.3 is 5.97 Å². The standard InChI is InChI=1S/C33H33Cl2F2N3O4/c1-32(2,3)15-26-33(17-38,22-12-10-19(34)14-24(22)36)27(21-7-6-8-23(35)28(21)37)29(40-26)30(41)39-16-18-9-11-20(31(42)44-5)25(13-18)43-4/h6-14,26-27,29,40H,15-16H2,1-5H3,(H,39,41)/t26-,27-,29?,33-/m0/s1. The highest BCUT2D eigenvalue weighted by Gasteiger charge is 2.61. The Morgan fingerprint density at radius 3 is 2.43 bits per heavy atom. The second kappa shape index (κ2) is 13.1. The predicted octanol–water partition coefficient (Wildman–Crippen LogP) is 6.70. The van der Waals surface area contributed by atoms with Gasteiger partial charge in [-0.05, 0) is 53.3 Å². The molecule has 0 spiro atoms. The molecule has 2 N–H and O–H groups in total. The Hall–Kier alpha value is -3.71. The smallest absolute Gasteiger partial charge is 0.341 e. The van der Waals surface area contributed by atoms with Crippen LogP contribution in [0.4, 0.5) is 8.78 Å². The molecule has 3 aromatic carbocycles. The number of ether oxygens (including phenoxy) is 2. The van der Waals surface area contributed by atoms with Gasteiger partial charge in [-0.25, -0.2) is 13.6 Å². The van der Waals surface area contributed by atoms with E-state index in [4.69, 9.17) is 32.7 Å². The minimum Gasteiger partial charge on any atom is -0.496 e. The fraction of sp³-hybridized carbons (Fsp3) is 0.364. The number of rotatable bonds is 8. The number of carbonyl (C=O) groups excluding carboxylic acids is 2. The van der Waals surface area contributed by atoms with Crippen LogP contribution in [0.25, 0.3) is 0 Å². The van der Waals surface area contributed by atoms with Crippen LogP contribution in [0.15, 0.2) is 54.6 Å². The number of esters is 1. The molecule has 0 radical (unpaired) electrons. The SMILES string of the molecule is COC(=O)c1ccc(CNC(=O)C2N[C@@H](CC(C)(C)C)[C@](C#N)(c3ccc(Cl)cc3F)[C@H]2c2cccc(Cl)c2F)cc1OC. The van der Waals surface area contributed by atoms with Crippen molar-refractivity contribution in [2.45, 2.75) is 57.2 Å². The van der Waals surface area contributed by atoms with E-state index >= 15 is 8.78 Å². The van der Waals surface area contributed by atoms with Gasteiger partial charge in [-0.2, -0.15) is 5.26 Å². The fourth-order valence-electron chi connectivity index (χ4n) is 5.98. The molecular weight excluding hydrogens is 611 g/mol. The van der Waals surface area contributed by atoms with Gasteiger partial charge in [-0.1, -0.05) is 68.2 Å². The number of nitrogens with zero attached hydrogens (tertiary/aromatic N) is 1. The molecule has 4 atom stereocenters. The first kappa shape index (κ1) is 33.2. The van der Waals surface area contributed by atoms with E-state index in [1.165, 1.54) is 50.6 Å². The van der Waals surface area contributed by atoms with Gasteiger partial charge in [0, 0.05) is 29.1 Å². The van der Waals surface area contributed by atoms with E-state index in [2.05, 4.69) is 16.7 Å². The summed E-state index contributed by atoms with van der Waals surface area (Å²) in [6.07, 6.45) is 0.345. The van der Waals surface area contributed by atoms with E-state index < -0.39 is 46.9 Å². The second-order valence-corrected chi connectivity index (χ2v) is 12.8. The van der Waals surface area contributed by atoms with E-state index in [1.807, 2.05) is 20.8 Å². The van der Waals surface area contributed by atoms with Crippen molar-refractivity contribution in [3.63, 3.8) is 0 Å². The third-order valence-corrected chi connectivity index (χ3v) is 8.40. The van der Waals surface area contributed by atoms with Crippen molar-refractivity contribution in [2.24, 2.45) is 5.41 Å². The summed E-state index contributed by atoms with van der Waals surface area (Å²) in [5.41, 5.74) is -1.29. The van der Waals surface area contributed by atoms with Crippen molar-refractivity contribution in [1.82, 2.24) is 10.6 Å². The normalized spacial score (nSPS) is 21.4. The monoisotopic (exact) mass is 643 g/mol.